The Balaban J connectivity index is 1.74. The first-order valence-corrected chi connectivity index (χ1v) is 9.97. The summed E-state index contributed by atoms with van der Waals surface area (Å²) < 4.78 is 30.1. The lowest BCUT2D eigenvalue weighted by Gasteiger charge is -2.30. The summed E-state index contributed by atoms with van der Waals surface area (Å²) >= 11 is 0. The van der Waals surface area contributed by atoms with Gasteiger partial charge in [0.25, 0.3) is 0 Å². The van der Waals surface area contributed by atoms with E-state index in [-0.39, 0.29) is 0 Å². The topological polar surface area (TPSA) is 99.8 Å². The largest absolute Gasteiger partial charge is 0.444 e. The third kappa shape index (κ3) is 5.20. The number of nitrogens with one attached hydrogen (secondary N) is 2. The van der Waals surface area contributed by atoms with Crippen LogP contribution >= 0.6 is 0 Å². The summed E-state index contributed by atoms with van der Waals surface area (Å²) in [5.41, 5.74) is 0.896. The summed E-state index contributed by atoms with van der Waals surface area (Å²) in [5.74, 6) is 2.59. The zero-order valence-electron chi connectivity index (χ0n) is 14.8. The molecule has 2 heterocycles. The Morgan fingerprint density at radius 2 is 2.00 bits per heavy atom. The molecule has 9 heteroatoms. The van der Waals surface area contributed by atoms with Crippen molar-refractivity contribution in [3.05, 3.63) is 17.3 Å². The molecule has 0 aliphatic carbocycles. The van der Waals surface area contributed by atoms with Crippen molar-refractivity contribution in [2.45, 2.75) is 33.2 Å². The number of sulfonamides is 1. The highest BCUT2D eigenvalue weighted by atomic mass is 32.2. The molecule has 1 aromatic heterocycles. The Hall–Kier alpha value is -1.61. The van der Waals surface area contributed by atoms with Gasteiger partial charge in [-0.15, -0.1) is 0 Å². The van der Waals surface area contributed by atoms with Crippen molar-refractivity contribution in [1.29, 1.82) is 0 Å². The number of hydrogen-bond acceptors (Lipinski definition) is 5. The van der Waals surface area contributed by atoms with Crippen molar-refractivity contribution in [2.75, 3.05) is 32.9 Å². The highest BCUT2D eigenvalue weighted by Gasteiger charge is 2.24. The predicted molar refractivity (Wildman–Crippen MR) is 93.3 cm³/mol. The molecule has 0 aromatic carbocycles. The normalized spacial score (nSPS) is 17.9. The zero-order chi connectivity index (χ0) is 17.7. The van der Waals surface area contributed by atoms with Gasteiger partial charge in [0.2, 0.25) is 15.9 Å². The van der Waals surface area contributed by atoms with E-state index in [4.69, 9.17) is 4.42 Å². The average Bonchev–Trinajstić information content (AvgIpc) is 2.85. The molecule has 0 unspecified atom stereocenters. The van der Waals surface area contributed by atoms with E-state index < -0.39 is 10.0 Å². The lowest BCUT2D eigenvalue weighted by Crippen LogP contribution is -2.43. The molecule has 0 spiro atoms. The van der Waals surface area contributed by atoms with Crippen LogP contribution in [0.4, 0.5) is 0 Å². The van der Waals surface area contributed by atoms with Crippen LogP contribution in [0.3, 0.4) is 0 Å². The van der Waals surface area contributed by atoms with Gasteiger partial charge in [0.05, 0.1) is 18.5 Å². The monoisotopic (exact) mass is 357 g/mol. The summed E-state index contributed by atoms with van der Waals surface area (Å²) in [6, 6.07) is 0. The van der Waals surface area contributed by atoms with Gasteiger partial charge < -0.3 is 15.1 Å². The molecule has 1 fully saturated rings. The third-order valence-electron chi connectivity index (χ3n) is 4.30. The number of aliphatic imine (C=N–C) groups is 1. The Morgan fingerprint density at radius 1 is 1.33 bits per heavy atom. The van der Waals surface area contributed by atoms with Crippen LogP contribution < -0.4 is 10.6 Å². The van der Waals surface area contributed by atoms with Gasteiger partial charge >= 0.3 is 0 Å². The number of guanidine groups is 1. The van der Waals surface area contributed by atoms with E-state index in [0.29, 0.717) is 37.4 Å². The average molecular weight is 357 g/mol. The van der Waals surface area contributed by atoms with Crippen LogP contribution in [0, 0.1) is 19.8 Å². The van der Waals surface area contributed by atoms with Crippen molar-refractivity contribution in [1.82, 2.24) is 19.9 Å². The molecule has 0 saturated carbocycles. The number of aromatic nitrogens is 1. The van der Waals surface area contributed by atoms with Gasteiger partial charge in [-0.25, -0.2) is 17.7 Å². The maximum Gasteiger partial charge on any atom is 0.214 e. The Bertz CT molecular complexity index is 656. The second-order valence-electron chi connectivity index (χ2n) is 6.16. The van der Waals surface area contributed by atoms with Crippen LogP contribution in [0.2, 0.25) is 0 Å². The lowest BCUT2D eigenvalue weighted by atomic mass is 9.98. The van der Waals surface area contributed by atoms with Gasteiger partial charge in [0.15, 0.2) is 5.96 Å². The molecule has 1 saturated heterocycles. The van der Waals surface area contributed by atoms with Crippen LogP contribution in [0.5, 0.6) is 0 Å². The van der Waals surface area contributed by atoms with E-state index in [1.54, 1.807) is 11.4 Å². The molecule has 0 bridgehead atoms. The Labute approximate surface area is 143 Å². The minimum atomic E-state index is -3.07. The first-order valence-electron chi connectivity index (χ1n) is 8.12. The molecular formula is C15H27N5O3S. The molecule has 24 heavy (non-hydrogen) atoms. The lowest BCUT2D eigenvalue weighted by molar-refractivity contribution is 0.274. The predicted octanol–water partition coefficient (Wildman–Crippen LogP) is 0.628. The second-order valence-corrected chi connectivity index (χ2v) is 8.14. The van der Waals surface area contributed by atoms with E-state index >= 15 is 0 Å². The minimum Gasteiger partial charge on any atom is -0.444 e. The highest BCUT2D eigenvalue weighted by molar-refractivity contribution is 7.88. The van der Waals surface area contributed by atoms with Gasteiger partial charge in [-0.3, -0.25) is 4.99 Å². The SMILES string of the molecule is CN=C(NCc1nc(C)c(C)o1)NCC1CCN(S(C)(=O)=O)CC1. The first kappa shape index (κ1) is 18.7. The van der Waals surface area contributed by atoms with Gasteiger partial charge in [-0.05, 0) is 32.6 Å². The summed E-state index contributed by atoms with van der Waals surface area (Å²) in [7, 11) is -1.35. The first-order chi connectivity index (χ1) is 11.3. The van der Waals surface area contributed by atoms with Gasteiger partial charge in [-0.1, -0.05) is 0 Å². The maximum atomic E-state index is 11.5. The van der Waals surface area contributed by atoms with E-state index in [1.807, 2.05) is 13.8 Å². The van der Waals surface area contributed by atoms with E-state index in [2.05, 4.69) is 20.6 Å². The molecule has 1 aliphatic rings. The fourth-order valence-corrected chi connectivity index (χ4v) is 3.55. The number of nitrogens with zero attached hydrogens (tertiary/aromatic N) is 3. The number of rotatable bonds is 5. The van der Waals surface area contributed by atoms with Crippen LogP contribution in [0.25, 0.3) is 0 Å². The Morgan fingerprint density at radius 3 is 2.50 bits per heavy atom. The van der Waals surface area contributed by atoms with Gasteiger partial charge in [-0.2, -0.15) is 0 Å². The third-order valence-corrected chi connectivity index (χ3v) is 5.61. The maximum absolute atomic E-state index is 11.5. The van der Waals surface area contributed by atoms with Crippen molar-refractivity contribution < 1.29 is 12.8 Å². The van der Waals surface area contributed by atoms with E-state index in [9.17, 15) is 8.42 Å². The smallest absolute Gasteiger partial charge is 0.214 e. The molecule has 2 rings (SSSR count). The quantitative estimate of drug-likeness (QED) is 0.592. The van der Waals surface area contributed by atoms with E-state index in [0.717, 1.165) is 30.8 Å². The molecule has 0 amide bonds. The number of hydrogen-bond donors (Lipinski definition) is 2. The fourth-order valence-electron chi connectivity index (χ4n) is 2.68. The molecule has 1 aromatic rings. The zero-order valence-corrected chi connectivity index (χ0v) is 15.6. The van der Waals surface area contributed by atoms with Crippen molar-refractivity contribution in [2.24, 2.45) is 10.9 Å². The number of aryl methyl sites for hydroxylation is 2. The highest BCUT2D eigenvalue weighted by Crippen LogP contribution is 2.18. The molecule has 2 N–H and O–H groups in total. The molecule has 8 nitrogen and oxygen atoms in total. The van der Waals surface area contributed by atoms with Crippen LogP contribution in [0.1, 0.15) is 30.2 Å². The molecule has 0 atom stereocenters. The molecule has 1 aliphatic heterocycles. The van der Waals surface area contributed by atoms with Crippen molar-refractivity contribution in [3.8, 4) is 0 Å². The summed E-state index contributed by atoms with van der Waals surface area (Å²) in [4.78, 5) is 8.51. The number of oxazole rings is 1. The minimum absolute atomic E-state index is 0.438. The van der Waals surface area contributed by atoms with Crippen LogP contribution in [-0.2, 0) is 16.6 Å². The molecular weight excluding hydrogens is 330 g/mol. The Kier molecular flexibility index (Phi) is 6.22. The standard InChI is InChI=1S/C15H27N5O3S/c1-11-12(2)23-14(19-11)10-18-15(16-3)17-9-13-5-7-20(8-6-13)24(4,21)22/h13H,5-10H2,1-4H3,(H2,16,17,18). The van der Waals surface area contributed by atoms with Gasteiger partial charge in [0, 0.05) is 26.7 Å². The summed E-state index contributed by atoms with van der Waals surface area (Å²) in [6.07, 6.45) is 2.98. The second kappa shape index (κ2) is 7.98. The fraction of sp³-hybridized carbons (Fsp3) is 0.733. The summed E-state index contributed by atoms with van der Waals surface area (Å²) in [6.45, 7) is 6.22. The van der Waals surface area contributed by atoms with E-state index in [1.165, 1.54) is 6.26 Å². The van der Waals surface area contributed by atoms with Crippen molar-refractivity contribution >= 4 is 16.0 Å². The molecule has 0 radical (unpaired) electrons. The van der Waals surface area contributed by atoms with Crippen LogP contribution in [0.15, 0.2) is 9.41 Å². The van der Waals surface area contributed by atoms with Crippen LogP contribution in [-0.4, -0.2) is 56.6 Å². The van der Waals surface area contributed by atoms with Gasteiger partial charge in [0.1, 0.15) is 5.76 Å². The summed E-state index contributed by atoms with van der Waals surface area (Å²) in [5, 5.41) is 6.46. The number of piperidine rings is 1. The molecule has 136 valence electrons. The van der Waals surface area contributed by atoms with Crippen molar-refractivity contribution in [3.63, 3.8) is 0 Å².